The van der Waals surface area contributed by atoms with Gasteiger partial charge in [0.1, 0.15) is 0 Å². The summed E-state index contributed by atoms with van der Waals surface area (Å²) >= 11 is 1.69. The van der Waals surface area contributed by atoms with Crippen LogP contribution in [0, 0.1) is 0 Å². The zero-order chi connectivity index (χ0) is 13.7. The Balaban J connectivity index is 2.27. The second kappa shape index (κ2) is 6.02. The number of thiophene rings is 1. The van der Waals surface area contributed by atoms with E-state index < -0.39 is 11.4 Å². The Bertz CT molecular complexity index is 519. The van der Waals surface area contributed by atoms with Gasteiger partial charge in [-0.15, -0.1) is 11.3 Å². The molecule has 0 aliphatic carbocycles. The van der Waals surface area contributed by atoms with Crippen LogP contribution in [0.5, 0.6) is 0 Å². The van der Waals surface area contributed by atoms with E-state index in [-0.39, 0.29) is 0 Å². The van der Waals surface area contributed by atoms with E-state index in [4.69, 9.17) is 0 Å². The first-order chi connectivity index (χ1) is 9.19. The van der Waals surface area contributed by atoms with Crippen LogP contribution < -0.4 is 0 Å². The fourth-order valence-electron chi connectivity index (χ4n) is 2.46. The van der Waals surface area contributed by atoms with Crippen LogP contribution in [-0.2, 0) is 16.6 Å². The summed E-state index contributed by atoms with van der Waals surface area (Å²) in [7, 11) is 0. The highest BCUT2D eigenvalue weighted by Gasteiger charge is 2.38. The van der Waals surface area contributed by atoms with Gasteiger partial charge in [-0.1, -0.05) is 43.3 Å². The molecule has 1 atom stereocenters. The lowest BCUT2D eigenvalue weighted by atomic mass is 9.74. The number of carboxylic acids is 1. The molecule has 1 aromatic heterocycles. The van der Waals surface area contributed by atoms with Crippen LogP contribution in [0.25, 0.3) is 0 Å². The van der Waals surface area contributed by atoms with Gasteiger partial charge in [-0.3, -0.25) is 4.79 Å². The zero-order valence-electron chi connectivity index (χ0n) is 11.0. The highest BCUT2D eigenvalue weighted by Crippen LogP contribution is 2.34. The summed E-state index contributed by atoms with van der Waals surface area (Å²) in [6.45, 7) is 1.95. The number of carboxylic acid groups (broad SMARTS) is 1. The van der Waals surface area contributed by atoms with Crippen molar-refractivity contribution in [2.75, 3.05) is 0 Å². The van der Waals surface area contributed by atoms with Crippen molar-refractivity contribution in [2.45, 2.75) is 31.6 Å². The van der Waals surface area contributed by atoms with E-state index >= 15 is 0 Å². The van der Waals surface area contributed by atoms with Crippen LogP contribution in [0.15, 0.2) is 47.8 Å². The van der Waals surface area contributed by atoms with Gasteiger partial charge in [-0.05, 0) is 36.3 Å². The third-order valence-electron chi connectivity index (χ3n) is 3.72. The first-order valence-electron chi connectivity index (χ1n) is 6.50. The van der Waals surface area contributed by atoms with Crippen LogP contribution in [0.3, 0.4) is 0 Å². The van der Waals surface area contributed by atoms with Gasteiger partial charge >= 0.3 is 5.97 Å². The third-order valence-corrected chi connectivity index (χ3v) is 4.65. The first kappa shape index (κ1) is 13.8. The Labute approximate surface area is 117 Å². The fourth-order valence-corrected chi connectivity index (χ4v) is 3.16. The number of rotatable bonds is 6. The second-order valence-corrected chi connectivity index (χ2v) is 5.72. The standard InChI is InChI=1S/C16H18O2S/c1-2-16(15(17)18,13-7-4-3-5-8-13)11-10-14-9-6-12-19-14/h3-9,12H,2,10-11H2,1H3,(H,17,18). The van der Waals surface area contributed by atoms with Crippen molar-refractivity contribution < 1.29 is 9.90 Å². The predicted octanol–water partition coefficient (Wildman–Crippen LogP) is 4.11. The summed E-state index contributed by atoms with van der Waals surface area (Å²) in [6.07, 6.45) is 2.06. The Hall–Kier alpha value is -1.61. The summed E-state index contributed by atoms with van der Waals surface area (Å²) in [5.41, 5.74) is 0.132. The van der Waals surface area contributed by atoms with Gasteiger partial charge in [0, 0.05) is 4.88 Å². The molecule has 3 heteroatoms. The molecule has 0 saturated heterocycles. The van der Waals surface area contributed by atoms with E-state index in [0.29, 0.717) is 12.8 Å². The molecule has 100 valence electrons. The van der Waals surface area contributed by atoms with Gasteiger partial charge in [0.2, 0.25) is 0 Å². The van der Waals surface area contributed by atoms with Crippen molar-refractivity contribution in [1.82, 2.24) is 0 Å². The summed E-state index contributed by atoms with van der Waals surface area (Å²) in [5.74, 6) is -0.724. The van der Waals surface area contributed by atoms with Crippen molar-refractivity contribution in [1.29, 1.82) is 0 Å². The maximum atomic E-state index is 11.8. The van der Waals surface area contributed by atoms with E-state index in [2.05, 4.69) is 6.07 Å². The molecule has 2 rings (SSSR count). The largest absolute Gasteiger partial charge is 0.481 e. The number of hydrogen-bond acceptors (Lipinski definition) is 2. The number of carbonyl (C=O) groups is 1. The van der Waals surface area contributed by atoms with Gasteiger partial charge in [-0.2, -0.15) is 0 Å². The average Bonchev–Trinajstić information content (AvgIpc) is 2.94. The minimum absolute atomic E-state index is 0.609. The number of hydrogen-bond donors (Lipinski definition) is 1. The van der Waals surface area contributed by atoms with E-state index in [1.807, 2.05) is 48.7 Å². The fraction of sp³-hybridized carbons (Fsp3) is 0.312. The van der Waals surface area contributed by atoms with Gasteiger partial charge in [0.25, 0.3) is 0 Å². The van der Waals surface area contributed by atoms with Gasteiger partial charge in [0.05, 0.1) is 5.41 Å². The summed E-state index contributed by atoms with van der Waals surface area (Å²) in [5, 5.41) is 11.7. The maximum Gasteiger partial charge on any atom is 0.314 e. The SMILES string of the molecule is CCC(CCc1cccs1)(C(=O)O)c1ccccc1. The third kappa shape index (κ3) is 2.87. The minimum Gasteiger partial charge on any atom is -0.481 e. The Morgan fingerprint density at radius 3 is 2.47 bits per heavy atom. The molecule has 0 spiro atoms. The lowest BCUT2D eigenvalue weighted by Crippen LogP contribution is -2.35. The van der Waals surface area contributed by atoms with Gasteiger partial charge < -0.3 is 5.11 Å². The Morgan fingerprint density at radius 1 is 1.21 bits per heavy atom. The lowest BCUT2D eigenvalue weighted by Gasteiger charge is -2.28. The molecule has 0 aliphatic rings. The molecule has 1 unspecified atom stereocenters. The number of aryl methyl sites for hydroxylation is 1. The Morgan fingerprint density at radius 2 is 1.95 bits per heavy atom. The van der Waals surface area contributed by atoms with Crippen molar-refractivity contribution in [3.63, 3.8) is 0 Å². The van der Waals surface area contributed by atoms with E-state index in [0.717, 1.165) is 12.0 Å². The van der Waals surface area contributed by atoms with E-state index in [1.165, 1.54) is 4.88 Å². The molecule has 0 fully saturated rings. The van der Waals surface area contributed by atoms with Crippen LogP contribution in [-0.4, -0.2) is 11.1 Å². The molecule has 2 nitrogen and oxygen atoms in total. The predicted molar refractivity (Wildman–Crippen MR) is 78.7 cm³/mol. The summed E-state index contributed by atoms with van der Waals surface area (Å²) in [4.78, 5) is 13.1. The van der Waals surface area contributed by atoms with Crippen molar-refractivity contribution in [3.05, 3.63) is 58.3 Å². The van der Waals surface area contributed by atoms with Crippen LogP contribution >= 0.6 is 11.3 Å². The second-order valence-electron chi connectivity index (χ2n) is 4.69. The molecule has 2 aromatic rings. The highest BCUT2D eigenvalue weighted by atomic mass is 32.1. The van der Waals surface area contributed by atoms with Crippen LogP contribution in [0.4, 0.5) is 0 Å². The molecular formula is C16H18O2S. The van der Waals surface area contributed by atoms with E-state index in [9.17, 15) is 9.90 Å². The van der Waals surface area contributed by atoms with Crippen molar-refractivity contribution in [3.8, 4) is 0 Å². The van der Waals surface area contributed by atoms with Gasteiger partial charge in [-0.25, -0.2) is 0 Å². The number of benzene rings is 1. The Kier molecular flexibility index (Phi) is 4.38. The molecule has 1 N–H and O–H groups in total. The number of aliphatic carboxylic acids is 1. The summed E-state index contributed by atoms with van der Waals surface area (Å²) < 4.78 is 0. The topological polar surface area (TPSA) is 37.3 Å². The zero-order valence-corrected chi connectivity index (χ0v) is 11.8. The molecule has 0 amide bonds. The molecule has 0 aliphatic heterocycles. The molecular weight excluding hydrogens is 256 g/mol. The van der Waals surface area contributed by atoms with Crippen molar-refractivity contribution in [2.24, 2.45) is 0 Å². The first-order valence-corrected chi connectivity index (χ1v) is 7.38. The van der Waals surface area contributed by atoms with Crippen LogP contribution in [0.1, 0.15) is 30.2 Å². The molecule has 0 saturated carbocycles. The lowest BCUT2D eigenvalue weighted by molar-refractivity contribution is -0.144. The monoisotopic (exact) mass is 274 g/mol. The molecule has 19 heavy (non-hydrogen) atoms. The van der Waals surface area contributed by atoms with Gasteiger partial charge in [0.15, 0.2) is 0 Å². The smallest absolute Gasteiger partial charge is 0.314 e. The average molecular weight is 274 g/mol. The molecule has 1 heterocycles. The summed E-state index contributed by atoms with van der Waals surface area (Å²) in [6, 6.07) is 13.7. The van der Waals surface area contributed by atoms with E-state index in [1.54, 1.807) is 11.3 Å². The van der Waals surface area contributed by atoms with Crippen LogP contribution in [0.2, 0.25) is 0 Å². The molecule has 0 radical (unpaired) electrons. The quantitative estimate of drug-likeness (QED) is 0.860. The molecule has 1 aromatic carbocycles. The maximum absolute atomic E-state index is 11.8. The van der Waals surface area contributed by atoms with Crippen molar-refractivity contribution >= 4 is 17.3 Å². The minimum atomic E-state index is -0.773. The normalized spacial score (nSPS) is 13.9. The highest BCUT2D eigenvalue weighted by molar-refractivity contribution is 7.09. The molecule has 0 bridgehead atoms.